The quantitative estimate of drug-likeness (QED) is 0.937. The molecule has 1 fully saturated rings. The van der Waals surface area contributed by atoms with Gasteiger partial charge in [0.05, 0.1) is 6.04 Å². The summed E-state index contributed by atoms with van der Waals surface area (Å²) in [6.07, 6.45) is 2.39. The molecule has 21 heavy (non-hydrogen) atoms. The van der Waals surface area contributed by atoms with Crippen molar-refractivity contribution in [2.45, 2.75) is 31.8 Å². The van der Waals surface area contributed by atoms with Gasteiger partial charge in [0, 0.05) is 17.7 Å². The van der Waals surface area contributed by atoms with Crippen molar-refractivity contribution < 1.29 is 4.52 Å². The van der Waals surface area contributed by atoms with Gasteiger partial charge in [-0.15, -0.1) is 0 Å². The van der Waals surface area contributed by atoms with Crippen molar-refractivity contribution in [3.8, 4) is 11.3 Å². The molecule has 0 spiro atoms. The molecule has 1 aromatic heterocycles. The average Bonchev–Trinajstić information content (AvgIpc) is 3.00. The molecule has 1 unspecified atom stereocenters. The van der Waals surface area contributed by atoms with Gasteiger partial charge in [-0.3, -0.25) is 0 Å². The molecule has 4 nitrogen and oxygen atoms in total. The minimum Gasteiger partial charge on any atom is -0.359 e. The Hall–Kier alpha value is -1.65. The van der Waals surface area contributed by atoms with Crippen molar-refractivity contribution in [1.82, 2.24) is 15.4 Å². The van der Waals surface area contributed by atoms with Crippen molar-refractivity contribution in [3.05, 3.63) is 42.2 Å². The Labute approximate surface area is 126 Å². The Kier molecular flexibility index (Phi) is 4.36. The fraction of sp³-hybridized carbons (Fsp3) is 0.471. The topological polar surface area (TPSA) is 41.3 Å². The van der Waals surface area contributed by atoms with Crippen molar-refractivity contribution in [1.29, 1.82) is 0 Å². The summed E-state index contributed by atoms with van der Waals surface area (Å²) in [5.41, 5.74) is 2.00. The number of nitrogens with zero attached hydrogens (tertiary/aromatic N) is 2. The summed E-state index contributed by atoms with van der Waals surface area (Å²) >= 11 is 0. The van der Waals surface area contributed by atoms with E-state index in [4.69, 9.17) is 4.52 Å². The number of likely N-dealkylation sites (tertiary alicyclic amines) is 1. The molecular formula is C17H23N3O. The van der Waals surface area contributed by atoms with Gasteiger partial charge in [0.1, 0.15) is 5.69 Å². The Morgan fingerprint density at radius 1 is 1.24 bits per heavy atom. The zero-order chi connectivity index (χ0) is 14.7. The summed E-state index contributed by atoms with van der Waals surface area (Å²) in [6.45, 7) is 4.47. The van der Waals surface area contributed by atoms with Crippen LogP contribution in [-0.4, -0.2) is 36.2 Å². The third-order valence-corrected chi connectivity index (χ3v) is 4.23. The second kappa shape index (κ2) is 6.41. The molecule has 0 radical (unpaired) electrons. The van der Waals surface area contributed by atoms with E-state index in [1.54, 1.807) is 0 Å². The zero-order valence-corrected chi connectivity index (χ0v) is 12.7. The van der Waals surface area contributed by atoms with Crippen LogP contribution >= 0.6 is 0 Å². The van der Waals surface area contributed by atoms with Crippen molar-refractivity contribution in [2.24, 2.45) is 0 Å². The highest BCUT2D eigenvalue weighted by Crippen LogP contribution is 2.23. The highest BCUT2D eigenvalue weighted by Gasteiger charge is 2.20. The van der Waals surface area contributed by atoms with Crippen LogP contribution < -0.4 is 5.32 Å². The molecule has 0 amide bonds. The second-order valence-electron chi connectivity index (χ2n) is 5.95. The van der Waals surface area contributed by atoms with Crippen LogP contribution in [0.5, 0.6) is 0 Å². The predicted octanol–water partition coefficient (Wildman–Crippen LogP) is 3.09. The number of aromatic nitrogens is 1. The highest BCUT2D eigenvalue weighted by molar-refractivity contribution is 5.58. The van der Waals surface area contributed by atoms with Gasteiger partial charge in [0.2, 0.25) is 0 Å². The second-order valence-corrected chi connectivity index (χ2v) is 5.95. The lowest BCUT2D eigenvalue weighted by Crippen LogP contribution is -2.41. The molecule has 1 aromatic carbocycles. The Balaban J connectivity index is 1.63. The molecule has 1 saturated heterocycles. The van der Waals surface area contributed by atoms with E-state index < -0.39 is 0 Å². The van der Waals surface area contributed by atoms with Crippen LogP contribution in [0, 0.1) is 0 Å². The highest BCUT2D eigenvalue weighted by atomic mass is 16.5. The first-order valence-electron chi connectivity index (χ1n) is 7.69. The minimum atomic E-state index is 0.198. The minimum absolute atomic E-state index is 0.198. The number of nitrogens with one attached hydrogen (secondary N) is 1. The van der Waals surface area contributed by atoms with Gasteiger partial charge in [0.25, 0.3) is 0 Å². The van der Waals surface area contributed by atoms with Gasteiger partial charge in [0.15, 0.2) is 5.76 Å². The fourth-order valence-electron chi connectivity index (χ4n) is 2.85. The number of hydrogen-bond donors (Lipinski definition) is 1. The lowest BCUT2D eigenvalue weighted by molar-refractivity contribution is 0.219. The van der Waals surface area contributed by atoms with Crippen molar-refractivity contribution in [3.63, 3.8) is 0 Å². The maximum Gasteiger partial charge on any atom is 0.153 e. The third kappa shape index (κ3) is 3.52. The van der Waals surface area contributed by atoms with Crippen LogP contribution in [-0.2, 0) is 0 Å². The van der Waals surface area contributed by atoms with Crippen LogP contribution in [0.25, 0.3) is 11.3 Å². The molecule has 1 atom stereocenters. The lowest BCUT2D eigenvalue weighted by atomic mass is 10.0. The average molecular weight is 285 g/mol. The van der Waals surface area contributed by atoms with E-state index in [9.17, 15) is 0 Å². The van der Waals surface area contributed by atoms with Crippen LogP contribution in [0.3, 0.4) is 0 Å². The molecule has 1 aliphatic heterocycles. The first kappa shape index (κ1) is 14.3. The van der Waals surface area contributed by atoms with Crippen LogP contribution in [0.2, 0.25) is 0 Å². The van der Waals surface area contributed by atoms with Crippen LogP contribution in [0.1, 0.15) is 31.6 Å². The largest absolute Gasteiger partial charge is 0.359 e. The van der Waals surface area contributed by atoms with E-state index in [1.807, 2.05) is 24.3 Å². The monoisotopic (exact) mass is 285 g/mol. The van der Waals surface area contributed by atoms with Gasteiger partial charge in [-0.2, -0.15) is 0 Å². The molecule has 4 heteroatoms. The van der Waals surface area contributed by atoms with Crippen LogP contribution in [0.15, 0.2) is 40.9 Å². The van der Waals surface area contributed by atoms with Gasteiger partial charge >= 0.3 is 0 Å². The third-order valence-electron chi connectivity index (χ3n) is 4.23. The van der Waals surface area contributed by atoms with E-state index >= 15 is 0 Å². The molecular weight excluding hydrogens is 262 g/mol. The van der Waals surface area contributed by atoms with Gasteiger partial charge < -0.3 is 14.7 Å². The molecule has 2 heterocycles. The SMILES string of the molecule is CC(NC1CCN(C)CC1)c1cc(-c2ccccc2)no1. The van der Waals surface area contributed by atoms with Gasteiger partial charge in [-0.05, 0) is 39.9 Å². The molecule has 0 aliphatic carbocycles. The molecule has 1 N–H and O–H groups in total. The Morgan fingerprint density at radius 3 is 2.67 bits per heavy atom. The number of rotatable bonds is 4. The molecule has 0 bridgehead atoms. The standard InChI is InChI=1S/C17H23N3O/c1-13(18-15-8-10-20(2)11-9-15)17-12-16(19-21-17)14-6-4-3-5-7-14/h3-7,12-13,15,18H,8-11H2,1-2H3. The fourth-order valence-corrected chi connectivity index (χ4v) is 2.85. The summed E-state index contributed by atoms with van der Waals surface area (Å²) < 4.78 is 5.52. The summed E-state index contributed by atoms with van der Waals surface area (Å²) in [7, 11) is 2.18. The molecule has 3 rings (SSSR count). The van der Waals surface area contributed by atoms with E-state index in [0.717, 1.165) is 30.1 Å². The molecule has 1 aliphatic rings. The molecule has 0 saturated carbocycles. The number of piperidine rings is 1. The van der Waals surface area contributed by atoms with E-state index in [1.165, 1.54) is 12.8 Å². The number of benzene rings is 1. The first-order valence-corrected chi connectivity index (χ1v) is 7.69. The summed E-state index contributed by atoms with van der Waals surface area (Å²) in [5.74, 6) is 0.910. The maximum atomic E-state index is 5.52. The molecule has 112 valence electrons. The maximum absolute atomic E-state index is 5.52. The van der Waals surface area contributed by atoms with Gasteiger partial charge in [-0.25, -0.2) is 0 Å². The van der Waals surface area contributed by atoms with Crippen molar-refractivity contribution in [2.75, 3.05) is 20.1 Å². The number of hydrogen-bond acceptors (Lipinski definition) is 4. The summed E-state index contributed by atoms with van der Waals surface area (Å²) in [5, 5.41) is 7.85. The van der Waals surface area contributed by atoms with Crippen LogP contribution in [0.4, 0.5) is 0 Å². The normalized spacial score (nSPS) is 18.8. The smallest absolute Gasteiger partial charge is 0.153 e. The first-order chi connectivity index (χ1) is 10.2. The van der Waals surface area contributed by atoms with E-state index in [0.29, 0.717) is 6.04 Å². The van der Waals surface area contributed by atoms with E-state index in [2.05, 4.69) is 41.5 Å². The Bertz CT molecular complexity index is 558. The van der Waals surface area contributed by atoms with Gasteiger partial charge in [-0.1, -0.05) is 35.5 Å². The van der Waals surface area contributed by atoms with Crippen molar-refractivity contribution >= 4 is 0 Å². The summed E-state index contributed by atoms with van der Waals surface area (Å²) in [4.78, 5) is 2.38. The zero-order valence-electron chi connectivity index (χ0n) is 12.7. The summed E-state index contributed by atoms with van der Waals surface area (Å²) in [6, 6.07) is 13.0. The van der Waals surface area contributed by atoms with E-state index in [-0.39, 0.29) is 6.04 Å². The molecule has 2 aromatic rings. The Morgan fingerprint density at radius 2 is 1.95 bits per heavy atom. The predicted molar refractivity (Wildman–Crippen MR) is 84.0 cm³/mol. The lowest BCUT2D eigenvalue weighted by Gasteiger charge is -2.31.